The van der Waals surface area contributed by atoms with Gasteiger partial charge in [0.2, 0.25) is 0 Å². The fourth-order valence-electron chi connectivity index (χ4n) is 2.38. The zero-order valence-electron chi connectivity index (χ0n) is 13.0. The molecule has 3 rings (SSSR count). The lowest BCUT2D eigenvalue weighted by Crippen LogP contribution is -2.21. The average molecular weight is 344 g/mol. The fourth-order valence-corrected chi connectivity index (χ4v) is 2.53. The minimum atomic E-state index is -0.408. The van der Waals surface area contributed by atoms with Gasteiger partial charge in [-0.2, -0.15) is 0 Å². The molecular weight excluding hydrogens is 330 g/mol. The Morgan fingerprint density at radius 3 is 2.75 bits per heavy atom. The molecule has 24 heavy (non-hydrogen) atoms. The van der Waals surface area contributed by atoms with Crippen molar-refractivity contribution in [3.05, 3.63) is 57.7 Å². The first kappa shape index (κ1) is 15.9. The number of amides is 1. The summed E-state index contributed by atoms with van der Waals surface area (Å²) in [5.74, 6) is -0.408. The monoisotopic (exact) mass is 343 g/mol. The second kappa shape index (κ2) is 6.29. The summed E-state index contributed by atoms with van der Waals surface area (Å²) in [4.78, 5) is 24.4. The highest BCUT2D eigenvalue weighted by Gasteiger charge is 2.15. The van der Waals surface area contributed by atoms with Crippen LogP contribution in [0.1, 0.15) is 10.5 Å². The number of rotatable bonds is 3. The second-order valence-electron chi connectivity index (χ2n) is 5.14. The molecule has 0 radical (unpaired) electrons. The van der Waals surface area contributed by atoms with Crippen molar-refractivity contribution in [3.63, 3.8) is 0 Å². The summed E-state index contributed by atoms with van der Waals surface area (Å²) < 4.78 is 1.49. The van der Waals surface area contributed by atoms with E-state index in [4.69, 9.17) is 11.6 Å². The Hall–Kier alpha value is -2.93. The first-order chi connectivity index (χ1) is 11.5. The maximum absolute atomic E-state index is 12.5. The summed E-state index contributed by atoms with van der Waals surface area (Å²) in [7, 11) is 3.18. The highest BCUT2D eigenvalue weighted by molar-refractivity contribution is 6.29. The zero-order valence-corrected chi connectivity index (χ0v) is 13.8. The summed E-state index contributed by atoms with van der Waals surface area (Å²) in [5.41, 5.74) is 0.868. The normalized spacial score (nSPS) is 10.6. The van der Waals surface area contributed by atoms with E-state index < -0.39 is 5.91 Å². The molecule has 1 amide bonds. The van der Waals surface area contributed by atoms with Crippen molar-refractivity contribution in [1.82, 2.24) is 20.1 Å². The van der Waals surface area contributed by atoms with Gasteiger partial charge in [-0.15, -0.1) is 10.2 Å². The number of halogens is 1. The smallest absolute Gasteiger partial charge is 0.273 e. The molecule has 1 aromatic carbocycles. The van der Waals surface area contributed by atoms with E-state index in [0.717, 1.165) is 5.39 Å². The van der Waals surface area contributed by atoms with Crippen LogP contribution in [-0.2, 0) is 7.05 Å². The summed E-state index contributed by atoms with van der Waals surface area (Å²) in [6, 6.07) is 8.76. The number of aromatic nitrogens is 3. The van der Waals surface area contributed by atoms with E-state index >= 15 is 0 Å². The van der Waals surface area contributed by atoms with Crippen LogP contribution in [0.4, 0.5) is 11.4 Å². The Balaban J connectivity index is 2.18. The van der Waals surface area contributed by atoms with Gasteiger partial charge in [0.15, 0.2) is 10.8 Å². The molecule has 0 saturated carbocycles. The lowest BCUT2D eigenvalue weighted by atomic mass is 10.1. The van der Waals surface area contributed by atoms with Crippen molar-refractivity contribution in [3.8, 4) is 0 Å². The number of pyridine rings is 1. The van der Waals surface area contributed by atoms with E-state index in [9.17, 15) is 9.59 Å². The molecule has 7 nitrogen and oxygen atoms in total. The summed E-state index contributed by atoms with van der Waals surface area (Å²) >= 11 is 5.89. The van der Waals surface area contributed by atoms with Gasteiger partial charge in [0, 0.05) is 26.4 Å². The van der Waals surface area contributed by atoms with E-state index in [-0.39, 0.29) is 16.4 Å². The third-order valence-electron chi connectivity index (χ3n) is 3.58. The van der Waals surface area contributed by atoms with E-state index in [0.29, 0.717) is 16.8 Å². The number of benzene rings is 1. The Morgan fingerprint density at radius 1 is 1.21 bits per heavy atom. The average Bonchev–Trinajstić information content (AvgIpc) is 2.58. The van der Waals surface area contributed by atoms with E-state index in [1.807, 2.05) is 18.2 Å². The molecule has 0 atom stereocenters. The van der Waals surface area contributed by atoms with Crippen LogP contribution in [0.25, 0.3) is 10.8 Å². The molecule has 0 bridgehead atoms. The third-order valence-corrected chi connectivity index (χ3v) is 3.77. The number of hydrogen-bond acceptors (Lipinski definition) is 5. The molecule has 0 spiro atoms. The van der Waals surface area contributed by atoms with Crippen LogP contribution in [0.2, 0.25) is 5.15 Å². The van der Waals surface area contributed by atoms with Crippen LogP contribution >= 0.6 is 11.6 Å². The Labute approximate surface area is 142 Å². The maximum atomic E-state index is 12.5. The number of hydrogen-bond donors (Lipinski definition) is 2. The van der Waals surface area contributed by atoms with Gasteiger partial charge in [0.1, 0.15) is 0 Å². The first-order valence-corrected chi connectivity index (χ1v) is 7.49. The number of aryl methyl sites for hydroxylation is 1. The van der Waals surface area contributed by atoms with Crippen LogP contribution in [-0.4, -0.2) is 27.7 Å². The third kappa shape index (κ3) is 2.81. The first-order valence-electron chi connectivity index (χ1n) is 7.12. The van der Waals surface area contributed by atoms with Crippen molar-refractivity contribution in [1.29, 1.82) is 0 Å². The van der Waals surface area contributed by atoms with Gasteiger partial charge in [-0.3, -0.25) is 9.59 Å². The SMILES string of the molecule is CNC(=O)c1nnc(Cl)cc1Nc1cccc2ccn(C)c(=O)c12. The minimum Gasteiger partial charge on any atom is -0.354 e. The molecule has 0 unspecified atom stereocenters. The largest absolute Gasteiger partial charge is 0.354 e. The molecule has 0 aliphatic rings. The van der Waals surface area contributed by atoms with Gasteiger partial charge in [-0.25, -0.2) is 0 Å². The van der Waals surface area contributed by atoms with Gasteiger partial charge in [-0.05, 0) is 17.5 Å². The van der Waals surface area contributed by atoms with Crippen LogP contribution in [0.3, 0.4) is 0 Å². The van der Waals surface area contributed by atoms with E-state index in [1.54, 1.807) is 19.3 Å². The van der Waals surface area contributed by atoms with Crippen LogP contribution in [0.5, 0.6) is 0 Å². The Bertz CT molecular complexity index is 999. The van der Waals surface area contributed by atoms with Gasteiger partial charge in [-0.1, -0.05) is 23.7 Å². The molecule has 0 saturated heterocycles. The van der Waals surface area contributed by atoms with Crippen molar-refractivity contribution < 1.29 is 4.79 Å². The molecule has 0 aliphatic heterocycles. The number of carbonyl (C=O) groups excluding carboxylic acids is 1. The molecule has 2 aromatic heterocycles. The van der Waals surface area contributed by atoms with Gasteiger partial charge in [0.25, 0.3) is 11.5 Å². The predicted molar refractivity (Wildman–Crippen MR) is 92.9 cm³/mol. The molecule has 8 heteroatoms. The summed E-state index contributed by atoms with van der Waals surface area (Å²) in [6.45, 7) is 0. The summed E-state index contributed by atoms with van der Waals surface area (Å²) in [5, 5.41) is 14.5. The van der Waals surface area contributed by atoms with Gasteiger partial charge < -0.3 is 15.2 Å². The van der Waals surface area contributed by atoms with Crippen LogP contribution < -0.4 is 16.2 Å². The molecule has 0 aliphatic carbocycles. The molecule has 3 aromatic rings. The molecule has 0 fully saturated rings. The molecule has 2 N–H and O–H groups in total. The number of nitrogens with zero attached hydrogens (tertiary/aromatic N) is 3. The zero-order chi connectivity index (χ0) is 17.3. The highest BCUT2D eigenvalue weighted by Crippen LogP contribution is 2.26. The van der Waals surface area contributed by atoms with Crippen LogP contribution in [0, 0.1) is 0 Å². The van der Waals surface area contributed by atoms with Crippen molar-refractivity contribution in [2.75, 3.05) is 12.4 Å². The molecule has 122 valence electrons. The fraction of sp³-hybridized carbons (Fsp3) is 0.125. The topological polar surface area (TPSA) is 88.9 Å². The number of nitrogens with one attached hydrogen (secondary N) is 2. The quantitative estimate of drug-likeness (QED) is 0.760. The number of carbonyl (C=O) groups is 1. The summed E-state index contributed by atoms with van der Waals surface area (Å²) in [6.07, 6.45) is 1.70. The highest BCUT2D eigenvalue weighted by atomic mass is 35.5. The van der Waals surface area contributed by atoms with E-state index in [1.165, 1.54) is 17.7 Å². The van der Waals surface area contributed by atoms with Gasteiger partial charge >= 0.3 is 0 Å². The van der Waals surface area contributed by atoms with Crippen molar-refractivity contribution >= 4 is 39.7 Å². The Kier molecular flexibility index (Phi) is 4.18. The molecular formula is C16H14ClN5O2. The standard InChI is InChI=1S/C16H14ClN5O2/c1-18-15(23)14-11(8-12(17)20-21-14)19-10-5-3-4-9-6-7-22(2)16(24)13(9)10/h3-8H,1-2H3,(H,18,23)(H,19,20). The number of fused-ring (bicyclic) bond motifs is 1. The van der Waals surface area contributed by atoms with E-state index in [2.05, 4.69) is 20.8 Å². The molecule has 2 heterocycles. The van der Waals surface area contributed by atoms with Crippen LogP contribution in [0.15, 0.2) is 41.3 Å². The number of anilines is 2. The Morgan fingerprint density at radius 2 is 2.00 bits per heavy atom. The van der Waals surface area contributed by atoms with Gasteiger partial charge in [0.05, 0.1) is 16.8 Å². The lowest BCUT2D eigenvalue weighted by molar-refractivity contribution is 0.0958. The van der Waals surface area contributed by atoms with Crippen molar-refractivity contribution in [2.45, 2.75) is 0 Å². The predicted octanol–water partition coefficient (Wildman–Crippen LogP) is 2.09. The maximum Gasteiger partial charge on any atom is 0.273 e. The second-order valence-corrected chi connectivity index (χ2v) is 5.52. The van der Waals surface area contributed by atoms with Crippen molar-refractivity contribution in [2.24, 2.45) is 7.05 Å². The minimum absolute atomic E-state index is 0.0895. The lowest BCUT2D eigenvalue weighted by Gasteiger charge is -2.12.